The first-order chi connectivity index (χ1) is 9.84. The molecule has 1 heterocycles. The molecule has 2 heteroatoms. The van der Waals surface area contributed by atoms with Crippen LogP contribution in [0.15, 0.2) is 48.5 Å². The molecule has 0 spiro atoms. The van der Waals surface area contributed by atoms with Crippen LogP contribution in [0.1, 0.15) is 23.1 Å². The van der Waals surface area contributed by atoms with E-state index in [-0.39, 0.29) is 0 Å². The molecule has 1 aliphatic rings. The summed E-state index contributed by atoms with van der Waals surface area (Å²) < 4.78 is 5.65. The minimum Gasteiger partial charge on any atom is -0.508 e. The molecule has 0 saturated heterocycles. The van der Waals surface area contributed by atoms with Crippen LogP contribution < -0.4 is 4.74 Å². The summed E-state index contributed by atoms with van der Waals surface area (Å²) >= 11 is 0. The predicted molar refractivity (Wildman–Crippen MR) is 81.1 cm³/mol. The Morgan fingerprint density at radius 2 is 1.95 bits per heavy atom. The van der Waals surface area contributed by atoms with Crippen LogP contribution in [-0.2, 0) is 12.8 Å². The third kappa shape index (κ3) is 2.69. The highest BCUT2D eigenvalue weighted by molar-refractivity contribution is 5.53. The summed E-state index contributed by atoms with van der Waals surface area (Å²) in [5.41, 5.74) is 3.33. The Balaban J connectivity index is 1.82. The number of phenols is 1. The second-order valence-corrected chi connectivity index (χ2v) is 5.01. The molecule has 2 nitrogen and oxygen atoms in total. The number of phenolic OH excluding ortho intramolecular Hbond substituents is 1. The Kier molecular flexibility index (Phi) is 3.73. The van der Waals surface area contributed by atoms with E-state index in [0.717, 1.165) is 42.7 Å². The molecule has 1 N–H and O–H groups in total. The van der Waals surface area contributed by atoms with Gasteiger partial charge in [-0.05, 0) is 37.0 Å². The van der Waals surface area contributed by atoms with Gasteiger partial charge in [-0.25, -0.2) is 0 Å². The van der Waals surface area contributed by atoms with E-state index in [9.17, 15) is 5.11 Å². The summed E-state index contributed by atoms with van der Waals surface area (Å²) in [6.07, 6.45) is 6.92. The van der Waals surface area contributed by atoms with Crippen LogP contribution >= 0.6 is 0 Å². The maximum Gasteiger partial charge on any atom is 0.123 e. The van der Waals surface area contributed by atoms with E-state index in [2.05, 4.69) is 24.3 Å². The lowest BCUT2D eigenvalue weighted by atomic mass is 9.96. The van der Waals surface area contributed by atoms with Crippen LogP contribution in [0.4, 0.5) is 0 Å². The summed E-state index contributed by atoms with van der Waals surface area (Å²) in [5, 5.41) is 10.1. The molecule has 2 aromatic rings. The zero-order valence-electron chi connectivity index (χ0n) is 11.4. The smallest absolute Gasteiger partial charge is 0.123 e. The van der Waals surface area contributed by atoms with Crippen molar-refractivity contribution in [3.05, 3.63) is 65.2 Å². The summed E-state index contributed by atoms with van der Waals surface area (Å²) in [6, 6.07) is 13.8. The van der Waals surface area contributed by atoms with Gasteiger partial charge in [-0.2, -0.15) is 0 Å². The van der Waals surface area contributed by atoms with Gasteiger partial charge < -0.3 is 9.84 Å². The molecule has 0 bridgehead atoms. The molecule has 0 amide bonds. The Morgan fingerprint density at radius 3 is 2.80 bits per heavy atom. The molecule has 2 aromatic carbocycles. The van der Waals surface area contributed by atoms with Gasteiger partial charge >= 0.3 is 0 Å². The lowest BCUT2D eigenvalue weighted by Crippen LogP contribution is -2.10. The monoisotopic (exact) mass is 266 g/mol. The number of fused-ring (bicyclic) bond motifs is 1. The molecule has 0 aliphatic carbocycles. The number of hydrogen-bond donors (Lipinski definition) is 1. The zero-order chi connectivity index (χ0) is 13.8. The summed E-state index contributed by atoms with van der Waals surface area (Å²) in [6.45, 7) is 0.775. The van der Waals surface area contributed by atoms with Crippen molar-refractivity contribution in [3.63, 3.8) is 0 Å². The van der Waals surface area contributed by atoms with E-state index in [4.69, 9.17) is 4.74 Å². The molecular formula is C18H18O2. The standard InChI is InChI=1S/C18H18O2/c19-17-11-12-18-16(10-5-13-20-18)15(17)9-4-8-14-6-2-1-3-7-14/h1-4,6-8,11-12,19H,5,9-10,13H2. The first-order valence-electron chi connectivity index (χ1n) is 7.03. The third-order valence-corrected chi connectivity index (χ3v) is 3.62. The highest BCUT2D eigenvalue weighted by atomic mass is 16.5. The number of allylic oxidation sites excluding steroid dienone is 1. The molecule has 0 radical (unpaired) electrons. The fourth-order valence-corrected chi connectivity index (χ4v) is 2.60. The van der Waals surface area contributed by atoms with Crippen LogP contribution in [0, 0.1) is 0 Å². The van der Waals surface area contributed by atoms with Crippen molar-refractivity contribution in [1.29, 1.82) is 0 Å². The third-order valence-electron chi connectivity index (χ3n) is 3.62. The van der Waals surface area contributed by atoms with Gasteiger partial charge in [0, 0.05) is 11.1 Å². The molecule has 0 saturated carbocycles. The molecule has 1 aliphatic heterocycles. The Bertz CT molecular complexity index is 615. The fourth-order valence-electron chi connectivity index (χ4n) is 2.60. The van der Waals surface area contributed by atoms with E-state index in [1.165, 1.54) is 5.56 Å². The van der Waals surface area contributed by atoms with Crippen LogP contribution in [0.2, 0.25) is 0 Å². The van der Waals surface area contributed by atoms with Crippen molar-refractivity contribution in [2.75, 3.05) is 6.61 Å². The van der Waals surface area contributed by atoms with Gasteiger partial charge in [0.05, 0.1) is 6.61 Å². The van der Waals surface area contributed by atoms with Crippen LogP contribution in [0.5, 0.6) is 11.5 Å². The Morgan fingerprint density at radius 1 is 1.10 bits per heavy atom. The highest BCUT2D eigenvalue weighted by Crippen LogP contribution is 2.34. The largest absolute Gasteiger partial charge is 0.508 e. The molecule has 3 rings (SSSR count). The average molecular weight is 266 g/mol. The average Bonchev–Trinajstić information content (AvgIpc) is 2.50. The van der Waals surface area contributed by atoms with Crippen LogP contribution in [0.25, 0.3) is 6.08 Å². The van der Waals surface area contributed by atoms with Gasteiger partial charge in [0.15, 0.2) is 0 Å². The molecule has 20 heavy (non-hydrogen) atoms. The Labute approximate surface area is 119 Å². The molecule has 0 atom stereocenters. The summed E-state index contributed by atoms with van der Waals surface area (Å²) in [7, 11) is 0. The minimum atomic E-state index is 0.368. The van der Waals surface area contributed by atoms with E-state index in [1.54, 1.807) is 6.07 Å². The van der Waals surface area contributed by atoms with E-state index in [1.807, 2.05) is 24.3 Å². The Hall–Kier alpha value is -2.22. The topological polar surface area (TPSA) is 29.5 Å². The molecular weight excluding hydrogens is 248 g/mol. The lowest BCUT2D eigenvalue weighted by Gasteiger charge is -2.20. The normalized spacial score (nSPS) is 14.0. The minimum absolute atomic E-state index is 0.368. The van der Waals surface area contributed by atoms with Gasteiger partial charge in [0.2, 0.25) is 0 Å². The van der Waals surface area contributed by atoms with E-state index < -0.39 is 0 Å². The van der Waals surface area contributed by atoms with Gasteiger partial charge in [0.1, 0.15) is 11.5 Å². The molecule has 102 valence electrons. The highest BCUT2D eigenvalue weighted by Gasteiger charge is 2.16. The summed E-state index contributed by atoms with van der Waals surface area (Å²) in [5.74, 6) is 1.30. The second-order valence-electron chi connectivity index (χ2n) is 5.01. The molecule has 0 unspecified atom stereocenters. The number of ether oxygens (including phenoxy) is 1. The molecule has 0 aromatic heterocycles. The SMILES string of the molecule is Oc1ccc2c(c1CC=Cc1ccccc1)CCCO2. The first kappa shape index (κ1) is 12.8. The van der Waals surface area contributed by atoms with Crippen LogP contribution in [-0.4, -0.2) is 11.7 Å². The van der Waals surface area contributed by atoms with Crippen molar-refractivity contribution >= 4 is 6.08 Å². The van der Waals surface area contributed by atoms with Crippen molar-refractivity contribution in [2.45, 2.75) is 19.3 Å². The second kappa shape index (κ2) is 5.83. The number of benzene rings is 2. The maximum absolute atomic E-state index is 10.1. The molecule has 0 fully saturated rings. The number of rotatable bonds is 3. The number of aromatic hydroxyl groups is 1. The van der Waals surface area contributed by atoms with E-state index >= 15 is 0 Å². The van der Waals surface area contributed by atoms with Gasteiger partial charge in [-0.15, -0.1) is 0 Å². The van der Waals surface area contributed by atoms with Crippen molar-refractivity contribution in [3.8, 4) is 11.5 Å². The predicted octanol–water partition coefficient (Wildman–Crippen LogP) is 3.97. The zero-order valence-corrected chi connectivity index (χ0v) is 11.4. The van der Waals surface area contributed by atoms with Gasteiger partial charge in [-0.3, -0.25) is 0 Å². The van der Waals surface area contributed by atoms with Crippen LogP contribution in [0.3, 0.4) is 0 Å². The lowest BCUT2D eigenvalue weighted by molar-refractivity contribution is 0.286. The number of hydrogen-bond acceptors (Lipinski definition) is 2. The van der Waals surface area contributed by atoms with Crippen molar-refractivity contribution in [1.82, 2.24) is 0 Å². The summed E-state index contributed by atoms with van der Waals surface area (Å²) in [4.78, 5) is 0. The fraction of sp³-hybridized carbons (Fsp3) is 0.222. The van der Waals surface area contributed by atoms with Crippen molar-refractivity contribution in [2.24, 2.45) is 0 Å². The van der Waals surface area contributed by atoms with E-state index in [0.29, 0.717) is 5.75 Å². The van der Waals surface area contributed by atoms with Gasteiger partial charge in [-0.1, -0.05) is 42.5 Å². The van der Waals surface area contributed by atoms with Gasteiger partial charge in [0.25, 0.3) is 0 Å². The van der Waals surface area contributed by atoms with Crippen molar-refractivity contribution < 1.29 is 9.84 Å². The quantitative estimate of drug-likeness (QED) is 0.910. The maximum atomic E-state index is 10.1. The first-order valence-corrected chi connectivity index (χ1v) is 7.03.